The largest absolute Gasteiger partial charge is 0.361 e. The number of fused-ring (bicyclic) bond motifs is 3. The maximum absolute atomic E-state index is 7.48. The van der Waals surface area contributed by atoms with E-state index < -0.39 is 0 Å². The summed E-state index contributed by atoms with van der Waals surface area (Å²) in [6.07, 6.45) is 2.20. The predicted molar refractivity (Wildman–Crippen MR) is 53.6 cm³/mol. The molecule has 0 aliphatic carbocycles. The summed E-state index contributed by atoms with van der Waals surface area (Å²) in [7, 11) is 0. The normalized spacial score (nSPS) is 12.2. The number of benzene rings is 1. The zero-order chi connectivity index (χ0) is 9.54. The monoisotopic (exact) mass is 169 g/mol. The van der Waals surface area contributed by atoms with Crippen molar-refractivity contribution in [1.82, 2.24) is 9.97 Å². The Labute approximate surface area is 76.6 Å². The Bertz CT molecular complexity index is 613. The predicted octanol–water partition coefficient (Wildman–Crippen LogP) is 2.72. The maximum Gasteiger partial charge on any atom is 0.0840 e. The Balaban J connectivity index is 2.60. The van der Waals surface area contributed by atoms with Gasteiger partial charge in [0.05, 0.1) is 6.89 Å². The summed E-state index contributed by atoms with van der Waals surface area (Å²) in [6, 6.07) is 9.67. The molecule has 0 amide bonds. The number of hydrogen-bond acceptors (Lipinski definition) is 1. The van der Waals surface area contributed by atoms with Crippen LogP contribution in [0.3, 0.4) is 0 Å². The van der Waals surface area contributed by atoms with Crippen molar-refractivity contribution in [1.29, 1.82) is 0 Å². The van der Waals surface area contributed by atoms with E-state index in [4.69, 9.17) is 1.37 Å². The molecule has 13 heavy (non-hydrogen) atoms. The zero-order valence-corrected chi connectivity index (χ0v) is 6.91. The van der Waals surface area contributed by atoms with Crippen LogP contribution in [-0.2, 0) is 0 Å². The van der Waals surface area contributed by atoms with E-state index in [1.807, 2.05) is 30.5 Å². The second kappa shape index (κ2) is 2.33. The van der Waals surface area contributed by atoms with Crippen molar-refractivity contribution < 1.29 is 1.37 Å². The second-order valence-corrected chi connectivity index (χ2v) is 3.02. The third-order valence-electron chi connectivity index (χ3n) is 2.25. The van der Waals surface area contributed by atoms with Gasteiger partial charge in [0.25, 0.3) is 0 Å². The molecule has 0 saturated heterocycles. The number of nitrogens with zero attached hydrogens (tertiary/aromatic N) is 1. The number of H-pyrrole nitrogens is 1. The topological polar surface area (TPSA) is 28.7 Å². The van der Waals surface area contributed by atoms with E-state index in [-0.39, 0.29) is 0 Å². The smallest absolute Gasteiger partial charge is 0.0840 e. The lowest BCUT2D eigenvalue weighted by Crippen LogP contribution is -1.77. The first-order chi connectivity index (χ1) is 6.84. The second-order valence-electron chi connectivity index (χ2n) is 3.02. The van der Waals surface area contributed by atoms with Gasteiger partial charge < -0.3 is 4.98 Å². The molecule has 2 aromatic heterocycles. The first-order valence-electron chi connectivity index (χ1n) is 4.68. The first-order valence-corrected chi connectivity index (χ1v) is 4.18. The van der Waals surface area contributed by atoms with Gasteiger partial charge in [-0.3, -0.25) is 4.98 Å². The first kappa shape index (κ1) is 5.75. The molecule has 0 atom stereocenters. The van der Waals surface area contributed by atoms with Crippen LogP contribution in [-0.4, -0.2) is 9.97 Å². The summed E-state index contributed by atoms with van der Waals surface area (Å²) >= 11 is 0. The molecular formula is C11H8N2. The number of hydrogen-bond donors (Lipinski definition) is 1. The van der Waals surface area contributed by atoms with Crippen molar-refractivity contribution >= 4 is 21.8 Å². The van der Waals surface area contributed by atoms with Crippen LogP contribution in [0.15, 0.2) is 42.7 Å². The number of pyridine rings is 1. The van der Waals surface area contributed by atoms with Crippen LogP contribution in [0.1, 0.15) is 1.37 Å². The molecule has 0 bridgehead atoms. The van der Waals surface area contributed by atoms with E-state index in [1.165, 1.54) is 0 Å². The SMILES string of the molecule is [2H]c1ccc2ccc3[nH]ccc3c2n1. The van der Waals surface area contributed by atoms with Gasteiger partial charge in [0.15, 0.2) is 0 Å². The van der Waals surface area contributed by atoms with Crippen molar-refractivity contribution in [3.05, 3.63) is 42.7 Å². The van der Waals surface area contributed by atoms with Crippen LogP contribution in [0.5, 0.6) is 0 Å². The summed E-state index contributed by atoms with van der Waals surface area (Å²) in [5.74, 6) is 0. The lowest BCUT2D eigenvalue weighted by atomic mass is 10.1. The molecular weight excluding hydrogens is 160 g/mol. The molecule has 3 aromatic rings. The van der Waals surface area contributed by atoms with Crippen LogP contribution >= 0.6 is 0 Å². The van der Waals surface area contributed by atoms with Gasteiger partial charge in [-0.2, -0.15) is 0 Å². The number of rotatable bonds is 0. The molecule has 2 nitrogen and oxygen atoms in total. The Morgan fingerprint density at radius 2 is 2.23 bits per heavy atom. The minimum atomic E-state index is 0.311. The van der Waals surface area contributed by atoms with Gasteiger partial charge in [-0.05, 0) is 18.2 Å². The van der Waals surface area contributed by atoms with Gasteiger partial charge in [-0.25, -0.2) is 0 Å². The van der Waals surface area contributed by atoms with E-state index >= 15 is 0 Å². The standard InChI is InChI=1S/C11H8N2/c1-2-8-3-4-10-9(5-7-12-10)11(8)13-6-1/h1-7,12H/i6D. The molecule has 1 N–H and O–H groups in total. The number of aromatic amines is 1. The van der Waals surface area contributed by atoms with E-state index in [9.17, 15) is 0 Å². The molecule has 0 fully saturated rings. The van der Waals surface area contributed by atoms with Gasteiger partial charge in [0.2, 0.25) is 0 Å². The van der Waals surface area contributed by atoms with Crippen molar-refractivity contribution in [2.75, 3.05) is 0 Å². The summed E-state index contributed by atoms with van der Waals surface area (Å²) in [5, 5.41) is 2.16. The average Bonchev–Trinajstić information content (AvgIpc) is 2.65. The summed E-state index contributed by atoms with van der Waals surface area (Å²) in [5.41, 5.74) is 1.96. The third kappa shape index (κ3) is 0.855. The van der Waals surface area contributed by atoms with E-state index in [2.05, 4.69) is 9.97 Å². The van der Waals surface area contributed by atoms with Crippen LogP contribution in [0, 0.1) is 0 Å². The van der Waals surface area contributed by atoms with Gasteiger partial charge in [-0.1, -0.05) is 12.1 Å². The lowest BCUT2D eigenvalue weighted by molar-refractivity contribution is 1.43. The summed E-state index contributed by atoms with van der Waals surface area (Å²) in [4.78, 5) is 7.35. The molecule has 3 rings (SSSR count). The summed E-state index contributed by atoms with van der Waals surface area (Å²) in [6.45, 7) is 0. The molecule has 0 aliphatic heterocycles. The lowest BCUT2D eigenvalue weighted by Gasteiger charge is -1.96. The highest BCUT2D eigenvalue weighted by atomic mass is 14.7. The molecule has 0 radical (unpaired) electrons. The van der Waals surface area contributed by atoms with E-state index in [1.54, 1.807) is 6.07 Å². The fourth-order valence-corrected chi connectivity index (χ4v) is 1.62. The fourth-order valence-electron chi connectivity index (χ4n) is 1.62. The van der Waals surface area contributed by atoms with Crippen molar-refractivity contribution in [2.24, 2.45) is 0 Å². The van der Waals surface area contributed by atoms with Crippen LogP contribution in [0.25, 0.3) is 21.8 Å². The molecule has 0 saturated carbocycles. The third-order valence-corrected chi connectivity index (χ3v) is 2.25. The minimum Gasteiger partial charge on any atom is -0.361 e. The van der Waals surface area contributed by atoms with Gasteiger partial charge in [-0.15, -0.1) is 0 Å². The minimum absolute atomic E-state index is 0.311. The Hall–Kier alpha value is -1.83. The molecule has 1 aromatic carbocycles. The molecule has 0 aliphatic rings. The molecule has 0 unspecified atom stereocenters. The van der Waals surface area contributed by atoms with Crippen LogP contribution in [0.4, 0.5) is 0 Å². The molecule has 0 spiro atoms. The Kier molecular flexibility index (Phi) is 1.03. The number of nitrogens with one attached hydrogen (secondary N) is 1. The average molecular weight is 169 g/mol. The number of aromatic nitrogens is 2. The summed E-state index contributed by atoms with van der Waals surface area (Å²) < 4.78 is 7.48. The van der Waals surface area contributed by atoms with Gasteiger partial charge in [0, 0.05) is 28.7 Å². The van der Waals surface area contributed by atoms with Gasteiger partial charge >= 0.3 is 0 Å². The maximum atomic E-state index is 7.48. The molecule has 2 heterocycles. The van der Waals surface area contributed by atoms with E-state index in [0.29, 0.717) is 6.17 Å². The Morgan fingerprint density at radius 3 is 3.23 bits per heavy atom. The van der Waals surface area contributed by atoms with Crippen molar-refractivity contribution in [3.63, 3.8) is 0 Å². The highest BCUT2D eigenvalue weighted by molar-refractivity contribution is 6.03. The van der Waals surface area contributed by atoms with Crippen LogP contribution in [0.2, 0.25) is 0 Å². The Morgan fingerprint density at radius 1 is 1.23 bits per heavy atom. The molecule has 62 valence electrons. The highest BCUT2D eigenvalue weighted by Crippen LogP contribution is 2.21. The van der Waals surface area contributed by atoms with Crippen molar-refractivity contribution in [3.8, 4) is 0 Å². The fraction of sp³-hybridized carbons (Fsp3) is 0. The van der Waals surface area contributed by atoms with Gasteiger partial charge in [0.1, 0.15) is 0 Å². The zero-order valence-electron chi connectivity index (χ0n) is 7.91. The van der Waals surface area contributed by atoms with Crippen molar-refractivity contribution in [2.45, 2.75) is 0 Å². The highest BCUT2D eigenvalue weighted by Gasteiger charge is 1.99. The van der Waals surface area contributed by atoms with Crippen LogP contribution < -0.4 is 0 Å². The van der Waals surface area contributed by atoms with E-state index in [0.717, 1.165) is 21.8 Å². The quantitative estimate of drug-likeness (QED) is 0.550. The molecule has 2 heteroatoms.